The molecule has 0 aliphatic carbocycles. The van der Waals surface area contributed by atoms with Crippen LogP contribution in [0.25, 0.3) is 0 Å². The molecule has 6 nitrogen and oxygen atoms in total. The molecule has 0 radical (unpaired) electrons. The molecule has 1 aromatic rings. The number of rotatable bonds is 8. The Morgan fingerprint density at radius 2 is 2.37 bits per heavy atom. The van der Waals surface area contributed by atoms with Gasteiger partial charge in [-0.2, -0.15) is 0 Å². The van der Waals surface area contributed by atoms with Gasteiger partial charge in [-0.25, -0.2) is 0 Å². The van der Waals surface area contributed by atoms with E-state index in [2.05, 4.69) is 5.32 Å². The lowest BCUT2D eigenvalue weighted by atomic mass is 10.2. The minimum absolute atomic E-state index is 0.172. The molecule has 0 aliphatic heterocycles. The van der Waals surface area contributed by atoms with Crippen LogP contribution in [0.4, 0.5) is 5.69 Å². The average molecular weight is 269 g/mol. The number of carbonyl (C=O) groups excluding carboxylic acids is 1. The number of nitrogens with zero attached hydrogens (tertiary/aromatic N) is 1. The molecule has 1 aromatic heterocycles. The van der Waals surface area contributed by atoms with Crippen LogP contribution >= 0.6 is 0 Å². The van der Waals surface area contributed by atoms with Crippen molar-refractivity contribution in [2.75, 3.05) is 26.0 Å². The molecule has 1 heterocycles. The number of aromatic nitrogens is 1. The van der Waals surface area contributed by atoms with E-state index in [4.69, 9.17) is 10.5 Å². The van der Waals surface area contributed by atoms with E-state index in [1.807, 2.05) is 11.5 Å². The quantitative estimate of drug-likeness (QED) is 0.645. The summed E-state index contributed by atoms with van der Waals surface area (Å²) < 4.78 is 6.66. The van der Waals surface area contributed by atoms with Crippen molar-refractivity contribution in [3.63, 3.8) is 0 Å². The van der Waals surface area contributed by atoms with Crippen LogP contribution in [0.2, 0.25) is 0 Å². The fraction of sp³-hybridized carbons (Fsp3) is 0.615. The summed E-state index contributed by atoms with van der Waals surface area (Å²) >= 11 is 0. The van der Waals surface area contributed by atoms with E-state index in [0.29, 0.717) is 24.3 Å². The Labute approximate surface area is 113 Å². The van der Waals surface area contributed by atoms with Crippen LogP contribution in [0.5, 0.6) is 0 Å². The third kappa shape index (κ3) is 4.92. The van der Waals surface area contributed by atoms with Gasteiger partial charge in [0.25, 0.3) is 5.91 Å². The van der Waals surface area contributed by atoms with E-state index < -0.39 is 6.10 Å². The molecular formula is C13H23N3O3. The number of aliphatic hydroxyl groups is 1. The molecule has 0 bridgehead atoms. The van der Waals surface area contributed by atoms with E-state index in [9.17, 15) is 9.90 Å². The molecule has 1 rings (SSSR count). The first-order valence-electron chi connectivity index (χ1n) is 6.49. The second kappa shape index (κ2) is 7.81. The summed E-state index contributed by atoms with van der Waals surface area (Å²) in [5.41, 5.74) is 6.84. The van der Waals surface area contributed by atoms with Crippen LogP contribution in [-0.4, -0.2) is 41.9 Å². The summed E-state index contributed by atoms with van der Waals surface area (Å²) in [4.78, 5) is 12.0. The summed E-state index contributed by atoms with van der Waals surface area (Å²) in [6, 6.07) is 1.66. The van der Waals surface area contributed by atoms with E-state index in [1.165, 1.54) is 7.11 Å². The second-order valence-corrected chi connectivity index (χ2v) is 4.51. The van der Waals surface area contributed by atoms with Gasteiger partial charge in [-0.15, -0.1) is 0 Å². The number of nitrogens with one attached hydrogen (secondary N) is 1. The van der Waals surface area contributed by atoms with Gasteiger partial charge in [0.15, 0.2) is 0 Å². The first kappa shape index (κ1) is 15.5. The summed E-state index contributed by atoms with van der Waals surface area (Å²) in [6.45, 7) is 3.47. The molecule has 0 saturated heterocycles. The Morgan fingerprint density at radius 3 is 3.00 bits per heavy atom. The number of carbonyl (C=O) groups is 1. The molecule has 108 valence electrons. The predicted molar refractivity (Wildman–Crippen MR) is 74.0 cm³/mol. The number of nitrogens with two attached hydrogens (primary N) is 1. The Balaban J connectivity index is 2.49. The lowest BCUT2D eigenvalue weighted by Gasteiger charge is -2.11. The summed E-state index contributed by atoms with van der Waals surface area (Å²) in [6.07, 6.45) is 2.60. The van der Waals surface area contributed by atoms with Gasteiger partial charge in [0.05, 0.1) is 18.4 Å². The van der Waals surface area contributed by atoms with Gasteiger partial charge in [-0.3, -0.25) is 4.79 Å². The number of aliphatic hydroxyl groups excluding tert-OH is 1. The molecule has 1 amide bonds. The SMILES string of the molecule is CCCn1cc(N)cc1C(=O)NCCC(O)COC. The maximum atomic E-state index is 12.0. The van der Waals surface area contributed by atoms with Gasteiger partial charge in [-0.1, -0.05) is 6.92 Å². The largest absolute Gasteiger partial charge is 0.397 e. The zero-order valence-electron chi connectivity index (χ0n) is 11.6. The molecule has 0 aliphatic rings. The molecule has 0 fully saturated rings. The third-order valence-corrected chi connectivity index (χ3v) is 2.74. The number of amides is 1. The van der Waals surface area contributed by atoms with Crippen molar-refractivity contribution in [1.29, 1.82) is 0 Å². The van der Waals surface area contributed by atoms with Crippen molar-refractivity contribution in [3.8, 4) is 0 Å². The lowest BCUT2D eigenvalue weighted by Crippen LogP contribution is -2.30. The predicted octanol–water partition coefficient (Wildman–Crippen LogP) is 0.607. The first-order chi connectivity index (χ1) is 9.08. The third-order valence-electron chi connectivity index (χ3n) is 2.74. The molecular weight excluding hydrogens is 246 g/mol. The number of aryl methyl sites for hydroxylation is 1. The van der Waals surface area contributed by atoms with Crippen LogP contribution in [0, 0.1) is 0 Å². The van der Waals surface area contributed by atoms with Crippen LogP contribution in [0.15, 0.2) is 12.3 Å². The van der Waals surface area contributed by atoms with E-state index >= 15 is 0 Å². The van der Waals surface area contributed by atoms with Crippen LogP contribution in [0.3, 0.4) is 0 Å². The highest BCUT2D eigenvalue weighted by atomic mass is 16.5. The van der Waals surface area contributed by atoms with Crippen molar-refractivity contribution in [2.24, 2.45) is 0 Å². The normalized spacial score (nSPS) is 12.4. The highest BCUT2D eigenvalue weighted by Gasteiger charge is 2.12. The summed E-state index contributed by atoms with van der Waals surface area (Å²) in [5.74, 6) is -0.172. The van der Waals surface area contributed by atoms with Gasteiger partial charge < -0.3 is 25.5 Å². The number of hydrogen-bond donors (Lipinski definition) is 3. The van der Waals surface area contributed by atoms with Crippen LogP contribution in [0.1, 0.15) is 30.3 Å². The Morgan fingerprint density at radius 1 is 1.63 bits per heavy atom. The molecule has 0 spiro atoms. The second-order valence-electron chi connectivity index (χ2n) is 4.51. The molecule has 1 unspecified atom stereocenters. The van der Waals surface area contributed by atoms with Crippen LogP contribution < -0.4 is 11.1 Å². The monoisotopic (exact) mass is 269 g/mol. The summed E-state index contributed by atoms with van der Waals surface area (Å²) in [5, 5.41) is 12.2. The van der Waals surface area contributed by atoms with Gasteiger partial charge in [0, 0.05) is 26.4 Å². The van der Waals surface area contributed by atoms with Crippen LogP contribution in [-0.2, 0) is 11.3 Å². The number of anilines is 1. The van der Waals surface area contributed by atoms with E-state index in [0.717, 1.165) is 13.0 Å². The lowest BCUT2D eigenvalue weighted by molar-refractivity contribution is 0.0587. The Kier molecular flexibility index (Phi) is 6.38. The van der Waals surface area contributed by atoms with E-state index in [1.54, 1.807) is 12.3 Å². The minimum atomic E-state index is -0.558. The fourth-order valence-corrected chi connectivity index (χ4v) is 1.87. The van der Waals surface area contributed by atoms with Crippen molar-refractivity contribution in [1.82, 2.24) is 9.88 Å². The van der Waals surface area contributed by atoms with Gasteiger partial charge in [-0.05, 0) is 18.9 Å². The molecule has 0 aromatic carbocycles. The van der Waals surface area contributed by atoms with Gasteiger partial charge >= 0.3 is 0 Å². The van der Waals surface area contributed by atoms with Crippen molar-refractivity contribution in [3.05, 3.63) is 18.0 Å². The number of nitrogen functional groups attached to an aromatic ring is 1. The maximum absolute atomic E-state index is 12.0. The average Bonchev–Trinajstić information content (AvgIpc) is 2.71. The number of ether oxygens (including phenoxy) is 1. The molecule has 6 heteroatoms. The Bertz CT molecular complexity index is 404. The smallest absolute Gasteiger partial charge is 0.267 e. The first-order valence-corrected chi connectivity index (χ1v) is 6.49. The van der Waals surface area contributed by atoms with Crippen molar-refractivity contribution < 1.29 is 14.6 Å². The molecule has 19 heavy (non-hydrogen) atoms. The van der Waals surface area contributed by atoms with Gasteiger partial charge in [0.1, 0.15) is 5.69 Å². The topological polar surface area (TPSA) is 89.5 Å². The highest BCUT2D eigenvalue weighted by Crippen LogP contribution is 2.11. The fourth-order valence-electron chi connectivity index (χ4n) is 1.87. The maximum Gasteiger partial charge on any atom is 0.267 e. The van der Waals surface area contributed by atoms with Crippen molar-refractivity contribution in [2.45, 2.75) is 32.4 Å². The summed E-state index contributed by atoms with van der Waals surface area (Å²) in [7, 11) is 1.53. The zero-order chi connectivity index (χ0) is 14.3. The minimum Gasteiger partial charge on any atom is -0.397 e. The highest BCUT2D eigenvalue weighted by molar-refractivity contribution is 5.93. The number of methoxy groups -OCH3 is 1. The standard InChI is InChI=1S/C13H23N3O3/c1-3-6-16-8-10(14)7-12(16)13(18)15-5-4-11(17)9-19-2/h7-8,11,17H,3-6,9,14H2,1-2H3,(H,15,18). The molecule has 0 saturated carbocycles. The zero-order valence-corrected chi connectivity index (χ0v) is 11.6. The Hall–Kier alpha value is -1.53. The number of hydrogen-bond acceptors (Lipinski definition) is 4. The van der Waals surface area contributed by atoms with Crippen molar-refractivity contribution >= 4 is 11.6 Å². The molecule has 4 N–H and O–H groups in total. The van der Waals surface area contributed by atoms with Gasteiger partial charge in [0.2, 0.25) is 0 Å². The molecule has 1 atom stereocenters. The van der Waals surface area contributed by atoms with E-state index in [-0.39, 0.29) is 12.5 Å².